The smallest absolute Gasteiger partial charge is 0.417 e. The van der Waals surface area contributed by atoms with Gasteiger partial charge in [0.1, 0.15) is 5.75 Å². The van der Waals surface area contributed by atoms with Crippen LogP contribution in [0, 0.1) is 5.92 Å². The van der Waals surface area contributed by atoms with Crippen LogP contribution in [-0.2, 0) is 6.18 Å². The van der Waals surface area contributed by atoms with Crippen LogP contribution in [0.15, 0.2) is 30.3 Å². The maximum absolute atomic E-state index is 13.3. The zero-order chi connectivity index (χ0) is 19.2. The average Bonchev–Trinajstić information content (AvgIpc) is 3.04. The molecule has 0 spiro atoms. The van der Waals surface area contributed by atoms with E-state index >= 15 is 0 Å². The van der Waals surface area contributed by atoms with Crippen LogP contribution in [-0.4, -0.2) is 40.5 Å². The summed E-state index contributed by atoms with van der Waals surface area (Å²) in [6.45, 7) is 4.05. The summed E-state index contributed by atoms with van der Waals surface area (Å²) >= 11 is 0. The van der Waals surface area contributed by atoms with E-state index in [9.17, 15) is 18.3 Å². The van der Waals surface area contributed by atoms with Gasteiger partial charge in [0.25, 0.3) is 0 Å². The molecule has 3 unspecified atom stereocenters. The molecule has 2 N–H and O–H groups in total. The first kappa shape index (κ1) is 18.0. The number of aromatic hydroxyl groups is 1. The lowest BCUT2D eigenvalue weighted by Gasteiger charge is -2.36. The first-order chi connectivity index (χ1) is 12.8. The molecule has 0 aliphatic carbocycles. The molecule has 2 aliphatic rings. The van der Waals surface area contributed by atoms with E-state index in [0.29, 0.717) is 23.8 Å². The number of phenolic OH excluding ortho intramolecular Hbond substituents is 1. The topological polar surface area (TPSA) is 61.3 Å². The fourth-order valence-electron chi connectivity index (χ4n) is 4.17. The first-order valence-electron chi connectivity index (χ1n) is 9.08. The Morgan fingerprint density at radius 2 is 2.00 bits per heavy atom. The summed E-state index contributed by atoms with van der Waals surface area (Å²) in [5.41, 5.74) is -1.25. The molecule has 2 aromatic rings. The molecule has 5 nitrogen and oxygen atoms in total. The largest absolute Gasteiger partial charge is 0.507 e. The summed E-state index contributed by atoms with van der Waals surface area (Å²) in [6, 6.07) is 7.26. The summed E-state index contributed by atoms with van der Waals surface area (Å²) < 4.78 is 39.9. The maximum atomic E-state index is 13.3. The van der Waals surface area contributed by atoms with Crippen LogP contribution in [0.4, 0.5) is 19.0 Å². The lowest BCUT2D eigenvalue weighted by molar-refractivity contribution is -0.137. The molecule has 3 heterocycles. The van der Waals surface area contributed by atoms with Gasteiger partial charge in [-0.1, -0.05) is 13.0 Å². The molecular formula is C19H21F3N4O. The lowest BCUT2D eigenvalue weighted by Crippen LogP contribution is -2.50. The number of nitrogens with zero attached hydrogens (tertiary/aromatic N) is 3. The minimum Gasteiger partial charge on any atom is -0.507 e. The number of halogens is 3. The van der Waals surface area contributed by atoms with Crippen LogP contribution < -0.4 is 10.2 Å². The van der Waals surface area contributed by atoms with Crippen LogP contribution in [0.1, 0.15) is 25.3 Å². The van der Waals surface area contributed by atoms with Crippen LogP contribution in [0.2, 0.25) is 0 Å². The van der Waals surface area contributed by atoms with Gasteiger partial charge in [0.15, 0.2) is 5.82 Å². The van der Waals surface area contributed by atoms with Gasteiger partial charge in [0, 0.05) is 18.6 Å². The van der Waals surface area contributed by atoms with Gasteiger partial charge in [0.2, 0.25) is 0 Å². The summed E-state index contributed by atoms with van der Waals surface area (Å²) in [5, 5.41) is 21.7. The fourth-order valence-corrected chi connectivity index (χ4v) is 4.17. The summed E-state index contributed by atoms with van der Waals surface area (Å²) in [4.78, 5) is 2.18. The van der Waals surface area contributed by atoms with Gasteiger partial charge in [0.05, 0.1) is 16.8 Å². The van der Waals surface area contributed by atoms with Crippen molar-refractivity contribution in [2.75, 3.05) is 18.0 Å². The second-order valence-electron chi connectivity index (χ2n) is 7.38. The molecule has 27 heavy (non-hydrogen) atoms. The van der Waals surface area contributed by atoms with E-state index in [1.165, 1.54) is 18.2 Å². The van der Waals surface area contributed by atoms with Gasteiger partial charge in [-0.2, -0.15) is 13.2 Å². The quantitative estimate of drug-likeness (QED) is 0.838. The fraction of sp³-hybridized carbons (Fsp3) is 0.474. The molecule has 8 heteroatoms. The third-order valence-electron chi connectivity index (χ3n) is 5.47. The highest BCUT2D eigenvalue weighted by atomic mass is 19.4. The van der Waals surface area contributed by atoms with Crippen molar-refractivity contribution in [3.63, 3.8) is 0 Å². The Bertz CT molecular complexity index is 825. The predicted molar refractivity (Wildman–Crippen MR) is 95.5 cm³/mol. The van der Waals surface area contributed by atoms with Crippen molar-refractivity contribution in [3.8, 4) is 17.0 Å². The van der Waals surface area contributed by atoms with E-state index in [-0.39, 0.29) is 11.3 Å². The van der Waals surface area contributed by atoms with E-state index in [0.717, 1.165) is 32.0 Å². The number of aromatic nitrogens is 2. The van der Waals surface area contributed by atoms with Crippen molar-refractivity contribution in [2.24, 2.45) is 5.92 Å². The van der Waals surface area contributed by atoms with E-state index in [1.54, 1.807) is 6.07 Å². The molecule has 1 aromatic carbocycles. The number of phenols is 1. The maximum Gasteiger partial charge on any atom is 0.417 e. The molecule has 0 bridgehead atoms. The molecule has 0 saturated carbocycles. The first-order valence-corrected chi connectivity index (χ1v) is 9.08. The van der Waals surface area contributed by atoms with E-state index in [1.807, 2.05) is 0 Å². The molecule has 0 amide bonds. The van der Waals surface area contributed by atoms with Gasteiger partial charge in [-0.3, -0.25) is 0 Å². The third kappa shape index (κ3) is 3.34. The number of anilines is 1. The van der Waals surface area contributed by atoms with Crippen molar-refractivity contribution >= 4 is 5.82 Å². The molecule has 3 atom stereocenters. The van der Waals surface area contributed by atoms with E-state index < -0.39 is 17.5 Å². The molecule has 2 aliphatic heterocycles. The normalized spacial score (nSPS) is 25.5. The van der Waals surface area contributed by atoms with Crippen LogP contribution in [0.5, 0.6) is 5.75 Å². The zero-order valence-corrected chi connectivity index (χ0v) is 14.9. The highest BCUT2D eigenvalue weighted by molar-refractivity contribution is 5.71. The number of hydrogen-bond donors (Lipinski definition) is 2. The number of hydrogen-bond acceptors (Lipinski definition) is 5. The number of nitrogens with one attached hydrogen (secondary N) is 1. The van der Waals surface area contributed by atoms with Gasteiger partial charge in [-0.15, -0.1) is 10.2 Å². The van der Waals surface area contributed by atoms with Crippen LogP contribution >= 0.6 is 0 Å². The van der Waals surface area contributed by atoms with Crippen molar-refractivity contribution < 1.29 is 18.3 Å². The number of alkyl halides is 3. The van der Waals surface area contributed by atoms with Crippen molar-refractivity contribution in [1.82, 2.24) is 15.5 Å². The monoisotopic (exact) mass is 378 g/mol. The Morgan fingerprint density at radius 1 is 1.19 bits per heavy atom. The Labute approximate surface area is 155 Å². The molecule has 0 radical (unpaired) electrons. The third-order valence-corrected chi connectivity index (χ3v) is 5.47. The van der Waals surface area contributed by atoms with Gasteiger partial charge in [-0.25, -0.2) is 0 Å². The lowest BCUT2D eigenvalue weighted by atomic mass is 9.92. The molecule has 2 saturated heterocycles. The van der Waals surface area contributed by atoms with E-state index in [4.69, 9.17) is 0 Å². The standard InChI is InChI=1S/C19H21F3N4O/c1-11-9-15-13(23-10-11)7-8-26(15)17-6-5-14(24-25-17)18-12(19(20,21)22)3-2-4-16(18)27/h2-6,11,13,15,23,27H,7-10H2,1H3. The molecule has 1 aromatic heterocycles. The van der Waals surface area contributed by atoms with E-state index in [2.05, 4.69) is 27.3 Å². The predicted octanol–water partition coefficient (Wildman–Crippen LogP) is 3.44. The Kier molecular flexibility index (Phi) is 4.46. The highest BCUT2D eigenvalue weighted by Gasteiger charge is 2.39. The number of benzene rings is 1. The number of fused-ring (bicyclic) bond motifs is 1. The summed E-state index contributed by atoms with van der Waals surface area (Å²) in [6.07, 6.45) is -2.52. The average molecular weight is 378 g/mol. The highest BCUT2D eigenvalue weighted by Crippen LogP contribution is 2.41. The van der Waals surface area contributed by atoms with Crippen molar-refractivity contribution in [2.45, 2.75) is 38.0 Å². The molecular weight excluding hydrogens is 357 g/mol. The Balaban J connectivity index is 1.64. The number of rotatable bonds is 2. The van der Waals surface area contributed by atoms with Crippen molar-refractivity contribution in [3.05, 3.63) is 35.9 Å². The Hall–Kier alpha value is -2.35. The van der Waals surface area contributed by atoms with Gasteiger partial charge >= 0.3 is 6.18 Å². The second kappa shape index (κ2) is 6.67. The molecule has 2 fully saturated rings. The summed E-state index contributed by atoms with van der Waals surface area (Å²) in [5.74, 6) is 0.763. The van der Waals surface area contributed by atoms with Crippen LogP contribution in [0.25, 0.3) is 11.3 Å². The summed E-state index contributed by atoms with van der Waals surface area (Å²) in [7, 11) is 0. The van der Waals surface area contributed by atoms with Crippen molar-refractivity contribution in [1.29, 1.82) is 0 Å². The second-order valence-corrected chi connectivity index (χ2v) is 7.38. The molecule has 144 valence electrons. The van der Waals surface area contributed by atoms with Gasteiger partial charge < -0.3 is 15.3 Å². The minimum absolute atomic E-state index is 0.00931. The molecule has 4 rings (SSSR count). The van der Waals surface area contributed by atoms with Gasteiger partial charge in [-0.05, 0) is 49.6 Å². The minimum atomic E-state index is -4.58. The Morgan fingerprint density at radius 3 is 2.70 bits per heavy atom. The van der Waals surface area contributed by atoms with Crippen LogP contribution in [0.3, 0.4) is 0 Å². The number of piperidine rings is 1. The SMILES string of the molecule is CC1CNC2CCN(c3ccc(-c4c(O)cccc4C(F)(F)F)nn3)C2C1. The zero-order valence-electron chi connectivity index (χ0n) is 14.9.